The van der Waals surface area contributed by atoms with Crippen LogP contribution in [0, 0.1) is 0 Å². The Bertz CT molecular complexity index is 607. The SMILES string of the molecule is CS[C@@H](C)C(=O)Nc1ccc(S(=O)(=O)C[C@@H]2CCCO2)cc1. The lowest BCUT2D eigenvalue weighted by Crippen LogP contribution is -2.22. The molecular formula is C15H21NO4S2. The lowest BCUT2D eigenvalue weighted by Gasteiger charge is -2.12. The van der Waals surface area contributed by atoms with Gasteiger partial charge in [0.2, 0.25) is 5.91 Å². The summed E-state index contributed by atoms with van der Waals surface area (Å²) < 4.78 is 30.0. The highest BCUT2D eigenvalue weighted by Crippen LogP contribution is 2.21. The minimum absolute atomic E-state index is 0.0161. The highest BCUT2D eigenvalue weighted by atomic mass is 32.2. The molecule has 0 aliphatic carbocycles. The first-order valence-corrected chi connectivity index (χ1v) is 10.1. The molecule has 7 heteroatoms. The van der Waals surface area contributed by atoms with E-state index in [1.165, 1.54) is 23.9 Å². The Morgan fingerprint density at radius 2 is 2.09 bits per heavy atom. The zero-order chi connectivity index (χ0) is 16.2. The molecule has 0 aromatic heterocycles. The maximum atomic E-state index is 12.3. The van der Waals surface area contributed by atoms with Gasteiger partial charge in [-0.3, -0.25) is 4.79 Å². The van der Waals surface area contributed by atoms with E-state index in [1.54, 1.807) is 12.1 Å². The molecule has 1 heterocycles. The smallest absolute Gasteiger partial charge is 0.237 e. The highest BCUT2D eigenvalue weighted by molar-refractivity contribution is 7.99. The quantitative estimate of drug-likeness (QED) is 0.858. The molecule has 0 unspecified atom stereocenters. The van der Waals surface area contributed by atoms with E-state index in [-0.39, 0.29) is 27.9 Å². The number of ether oxygens (including phenoxy) is 1. The van der Waals surface area contributed by atoms with Crippen molar-refractivity contribution >= 4 is 33.2 Å². The van der Waals surface area contributed by atoms with E-state index in [0.29, 0.717) is 12.3 Å². The number of rotatable bonds is 6. The van der Waals surface area contributed by atoms with Crippen molar-refractivity contribution in [3.63, 3.8) is 0 Å². The summed E-state index contributed by atoms with van der Waals surface area (Å²) in [6.45, 7) is 2.46. The third-order valence-corrected chi connectivity index (χ3v) is 6.36. The normalized spacial score (nSPS) is 19.8. The average Bonchev–Trinajstić information content (AvgIpc) is 2.99. The van der Waals surface area contributed by atoms with Gasteiger partial charge in [0, 0.05) is 12.3 Å². The van der Waals surface area contributed by atoms with Gasteiger partial charge in [0.05, 0.1) is 22.0 Å². The number of amides is 1. The summed E-state index contributed by atoms with van der Waals surface area (Å²) in [5, 5.41) is 2.62. The number of hydrogen-bond donors (Lipinski definition) is 1. The standard InChI is InChI=1S/C15H21NO4S2/c1-11(21-2)15(17)16-12-5-7-14(8-6-12)22(18,19)10-13-4-3-9-20-13/h5-8,11,13H,3-4,9-10H2,1-2H3,(H,16,17)/t11-,13-/m0/s1. The molecule has 0 radical (unpaired) electrons. The summed E-state index contributed by atoms with van der Waals surface area (Å²) in [6.07, 6.45) is 3.37. The Morgan fingerprint density at radius 1 is 1.41 bits per heavy atom. The number of benzene rings is 1. The monoisotopic (exact) mass is 343 g/mol. The lowest BCUT2D eigenvalue weighted by molar-refractivity contribution is -0.115. The average molecular weight is 343 g/mol. The lowest BCUT2D eigenvalue weighted by atomic mass is 10.3. The molecule has 2 rings (SSSR count). The van der Waals surface area contributed by atoms with Gasteiger partial charge in [-0.15, -0.1) is 0 Å². The van der Waals surface area contributed by atoms with Crippen molar-refractivity contribution in [3.8, 4) is 0 Å². The number of carbonyl (C=O) groups excluding carboxylic acids is 1. The van der Waals surface area contributed by atoms with Crippen LogP contribution in [0.4, 0.5) is 5.69 Å². The van der Waals surface area contributed by atoms with Gasteiger partial charge >= 0.3 is 0 Å². The zero-order valence-corrected chi connectivity index (χ0v) is 14.4. The van der Waals surface area contributed by atoms with E-state index in [4.69, 9.17) is 4.74 Å². The van der Waals surface area contributed by atoms with Crippen LogP contribution >= 0.6 is 11.8 Å². The first-order chi connectivity index (χ1) is 10.4. The van der Waals surface area contributed by atoms with Gasteiger partial charge in [-0.1, -0.05) is 0 Å². The van der Waals surface area contributed by atoms with E-state index >= 15 is 0 Å². The second kappa shape index (κ2) is 7.48. The molecule has 1 amide bonds. The number of sulfone groups is 1. The first kappa shape index (κ1) is 17.3. The van der Waals surface area contributed by atoms with E-state index in [2.05, 4.69) is 5.32 Å². The number of anilines is 1. The number of thioether (sulfide) groups is 1. The van der Waals surface area contributed by atoms with Gasteiger partial charge in [-0.25, -0.2) is 8.42 Å². The zero-order valence-electron chi connectivity index (χ0n) is 12.7. The van der Waals surface area contributed by atoms with Crippen molar-refractivity contribution in [2.75, 3.05) is 23.9 Å². The van der Waals surface area contributed by atoms with Gasteiger partial charge in [0.1, 0.15) is 0 Å². The van der Waals surface area contributed by atoms with Gasteiger partial charge < -0.3 is 10.1 Å². The number of hydrogen-bond acceptors (Lipinski definition) is 5. The van der Waals surface area contributed by atoms with E-state index in [9.17, 15) is 13.2 Å². The molecule has 2 atom stereocenters. The van der Waals surface area contributed by atoms with Crippen LogP contribution in [0.5, 0.6) is 0 Å². The summed E-state index contributed by atoms with van der Waals surface area (Å²) in [5.41, 5.74) is 0.599. The maximum absolute atomic E-state index is 12.3. The maximum Gasteiger partial charge on any atom is 0.237 e. The summed E-state index contributed by atoms with van der Waals surface area (Å²) in [7, 11) is -3.35. The van der Waals surface area contributed by atoms with E-state index in [0.717, 1.165) is 12.8 Å². The fraction of sp³-hybridized carbons (Fsp3) is 0.533. The van der Waals surface area contributed by atoms with Crippen LogP contribution in [-0.2, 0) is 19.4 Å². The Balaban J connectivity index is 2.03. The molecule has 1 aromatic rings. The Hall–Kier alpha value is -1.05. The molecule has 1 aromatic carbocycles. The fourth-order valence-electron chi connectivity index (χ4n) is 2.21. The Kier molecular flexibility index (Phi) is 5.88. The molecule has 1 N–H and O–H groups in total. The van der Waals surface area contributed by atoms with Crippen molar-refractivity contribution in [3.05, 3.63) is 24.3 Å². The third-order valence-electron chi connectivity index (χ3n) is 3.63. The Morgan fingerprint density at radius 3 is 2.64 bits per heavy atom. The van der Waals surface area contributed by atoms with Crippen molar-refractivity contribution in [1.29, 1.82) is 0 Å². The van der Waals surface area contributed by atoms with Gasteiger partial charge in [0.15, 0.2) is 9.84 Å². The molecule has 1 aliphatic heterocycles. The van der Waals surface area contributed by atoms with Gasteiger partial charge in [0.25, 0.3) is 0 Å². The van der Waals surface area contributed by atoms with Crippen LogP contribution < -0.4 is 5.32 Å². The molecule has 122 valence electrons. The van der Waals surface area contributed by atoms with E-state index in [1.807, 2.05) is 13.2 Å². The fourth-order valence-corrected chi connectivity index (χ4v) is 3.98. The first-order valence-electron chi connectivity index (χ1n) is 7.20. The minimum Gasteiger partial charge on any atom is -0.377 e. The summed E-state index contributed by atoms with van der Waals surface area (Å²) in [6, 6.07) is 6.30. The van der Waals surface area contributed by atoms with Gasteiger partial charge in [-0.2, -0.15) is 11.8 Å². The molecule has 1 aliphatic rings. The van der Waals surface area contributed by atoms with Crippen LogP contribution in [0.15, 0.2) is 29.2 Å². The number of nitrogens with one attached hydrogen (secondary N) is 1. The Labute approximate surface area is 135 Å². The number of carbonyl (C=O) groups is 1. The highest BCUT2D eigenvalue weighted by Gasteiger charge is 2.24. The van der Waals surface area contributed by atoms with Crippen molar-refractivity contribution in [2.24, 2.45) is 0 Å². The van der Waals surface area contributed by atoms with Crippen molar-refractivity contribution in [1.82, 2.24) is 0 Å². The summed E-state index contributed by atoms with van der Waals surface area (Å²) in [4.78, 5) is 12.1. The molecule has 5 nitrogen and oxygen atoms in total. The summed E-state index contributed by atoms with van der Waals surface area (Å²) >= 11 is 1.46. The minimum atomic E-state index is -3.35. The van der Waals surface area contributed by atoms with Crippen LogP contribution in [-0.4, -0.2) is 44.3 Å². The molecular weight excluding hydrogens is 322 g/mol. The topological polar surface area (TPSA) is 72.5 Å². The predicted octanol–water partition coefficient (Wildman–Crippen LogP) is 2.33. The molecule has 0 bridgehead atoms. The third kappa shape index (κ3) is 4.47. The molecule has 22 heavy (non-hydrogen) atoms. The molecule has 0 saturated carbocycles. The van der Waals surface area contributed by atoms with E-state index < -0.39 is 9.84 Å². The van der Waals surface area contributed by atoms with Crippen LogP contribution in [0.3, 0.4) is 0 Å². The predicted molar refractivity (Wildman–Crippen MR) is 89.1 cm³/mol. The van der Waals surface area contributed by atoms with Crippen molar-refractivity contribution in [2.45, 2.75) is 36.0 Å². The second-order valence-corrected chi connectivity index (χ2v) is 8.52. The molecule has 1 saturated heterocycles. The van der Waals surface area contributed by atoms with Gasteiger partial charge in [-0.05, 0) is 50.3 Å². The van der Waals surface area contributed by atoms with Crippen LogP contribution in [0.1, 0.15) is 19.8 Å². The second-order valence-electron chi connectivity index (χ2n) is 5.31. The van der Waals surface area contributed by atoms with Crippen LogP contribution in [0.25, 0.3) is 0 Å². The molecule has 1 fully saturated rings. The molecule has 0 spiro atoms. The largest absolute Gasteiger partial charge is 0.377 e. The van der Waals surface area contributed by atoms with Crippen molar-refractivity contribution < 1.29 is 17.9 Å². The van der Waals surface area contributed by atoms with Crippen LogP contribution in [0.2, 0.25) is 0 Å². The summed E-state index contributed by atoms with van der Waals surface area (Å²) in [5.74, 6) is -0.0789.